The van der Waals surface area contributed by atoms with Gasteiger partial charge in [0.25, 0.3) is 10.9 Å². The van der Waals surface area contributed by atoms with Crippen molar-refractivity contribution in [2.45, 2.75) is 39.2 Å². The molecule has 1 unspecified atom stereocenters. The van der Waals surface area contributed by atoms with Crippen molar-refractivity contribution in [1.29, 1.82) is 0 Å². The highest BCUT2D eigenvalue weighted by atomic mass is 16.5. The molecule has 1 fully saturated rings. The Hall–Kier alpha value is -1.85. The number of carbonyl (C=O) groups excluding carboxylic acids is 1. The third-order valence-electron chi connectivity index (χ3n) is 3.48. The van der Waals surface area contributed by atoms with E-state index >= 15 is 0 Å². The number of rotatable bonds is 5. The molecule has 1 atom stereocenters. The smallest absolute Gasteiger partial charge is 0.328 e. The SMILES string of the molecule is CCOC(=O)C1CCCCN1c1c(OCC)c(=O)c1=O. The van der Waals surface area contributed by atoms with E-state index in [2.05, 4.69) is 0 Å². The number of ether oxygens (including phenoxy) is 2. The van der Waals surface area contributed by atoms with Crippen LogP contribution in [0.2, 0.25) is 0 Å². The van der Waals surface area contributed by atoms with E-state index in [4.69, 9.17) is 9.47 Å². The fourth-order valence-corrected chi connectivity index (χ4v) is 2.58. The lowest BCUT2D eigenvalue weighted by molar-refractivity contribution is -0.145. The first-order valence-electron chi connectivity index (χ1n) is 7.01. The van der Waals surface area contributed by atoms with E-state index in [-0.39, 0.29) is 17.4 Å². The van der Waals surface area contributed by atoms with Crippen LogP contribution < -0.4 is 20.5 Å². The number of piperidine rings is 1. The van der Waals surface area contributed by atoms with Gasteiger partial charge in [0.1, 0.15) is 11.7 Å². The van der Waals surface area contributed by atoms with Gasteiger partial charge in [-0.2, -0.15) is 0 Å². The number of hydrogen-bond acceptors (Lipinski definition) is 6. The van der Waals surface area contributed by atoms with Gasteiger partial charge in [-0.05, 0) is 33.1 Å². The van der Waals surface area contributed by atoms with Crippen molar-refractivity contribution in [3.63, 3.8) is 0 Å². The Morgan fingerprint density at radius 1 is 1.20 bits per heavy atom. The van der Waals surface area contributed by atoms with Gasteiger partial charge in [-0.15, -0.1) is 0 Å². The molecule has 1 aromatic carbocycles. The second kappa shape index (κ2) is 6.07. The molecule has 6 nitrogen and oxygen atoms in total. The standard InChI is InChI=1S/C14H19NO5/c1-3-19-13-10(11(16)12(13)17)15-8-6-5-7-9(15)14(18)20-4-2/h9H,3-8H2,1-2H3. The molecule has 1 saturated heterocycles. The molecule has 0 saturated carbocycles. The molecule has 20 heavy (non-hydrogen) atoms. The summed E-state index contributed by atoms with van der Waals surface area (Å²) in [6.07, 6.45) is 2.41. The van der Waals surface area contributed by atoms with Crippen LogP contribution in [-0.4, -0.2) is 31.8 Å². The molecule has 1 aliphatic rings. The molecule has 1 aromatic rings. The minimum absolute atomic E-state index is 0.0914. The first kappa shape index (κ1) is 14.6. The monoisotopic (exact) mass is 281 g/mol. The topological polar surface area (TPSA) is 72.9 Å². The summed E-state index contributed by atoms with van der Waals surface area (Å²) >= 11 is 0. The molecule has 0 radical (unpaired) electrons. The third-order valence-corrected chi connectivity index (χ3v) is 3.48. The zero-order chi connectivity index (χ0) is 14.7. The van der Waals surface area contributed by atoms with E-state index in [9.17, 15) is 14.4 Å². The summed E-state index contributed by atoms with van der Waals surface area (Å²) in [5.41, 5.74) is -0.922. The van der Waals surface area contributed by atoms with E-state index < -0.39 is 16.9 Å². The van der Waals surface area contributed by atoms with Gasteiger partial charge >= 0.3 is 5.97 Å². The van der Waals surface area contributed by atoms with E-state index in [0.717, 1.165) is 12.8 Å². The molecule has 0 aromatic heterocycles. The molecular formula is C14H19NO5. The van der Waals surface area contributed by atoms with Crippen LogP contribution in [0.5, 0.6) is 5.75 Å². The van der Waals surface area contributed by atoms with E-state index in [1.165, 1.54) is 0 Å². The zero-order valence-electron chi connectivity index (χ0n) is 11.8. The Bertz CT molecular complexity index is 558. The number of carbonyl (C=O) groups is 1. The number of nitrogens with zero attached hydrogens (tertiary/aromatic N) is 1. The van der Waals surface area contributed by atoms with Crippen LogP contribution in [0, 0.1) is 0 Å². The molecule has 2 rings (SSSR count). The van der Waals surface area contributed by atoms with Crippen LogP contribution in [0.1, 0.15) is 33.1 Å². The highest BCUT2D eigenvalue weighted by Gasteiger charge is 2.37. The quantitative estimate of drug-likeness (QED) is 0.581. The van der Waals surface area contributed by atoms with Gasteiger partial charge in [-0.1, -0.05) is 0 Å². The first-order chi connectivity index (χ1) is 9.61. The van der Waals surface area contributed by atoms with Crippen molar-refractivity contribution in [2.24, 2.45) is 0 Å². The number of esters is 1. The van der Waals surface area contributed by atoms with Crippen LogP contribution in [0.25, 0.3) is 0 Å². The molecule has 0 amide bonds. The van der Waals surface area contributed by atoms with Gasteiger partial charge in [-0.3, -0.25) is 9.59 Å². The number of hydrogen-bond donors (Lipinski definition) is 0. The van der Waals surface area contributed by atoms with Crippen molar-refractivity contribution in [2.75, 3.05) is 24.7 Å². The molecule has 0 bridgehead atoms. The molecule has 0 spiro atoms. The maximum absolute atomic E-state index is 12.0. The minimum atomic E-state index is -0.602. The summed E-state index contributed by atoms with van der Waals surface area (Å²) in [6.45, 7) is 4.67. The largest absolute Gasteiger partial charge is 0.488 e. The predicted octanol–water partition coefficient (Wildman–Crippen LogP) is 0.603. The average molecular weight is 281 g/mol. The summed E-state index contributed by atoms with van der Waals surface area (Å²) in [7, 11) is 0. The zero-order valence-corrected chi connectivity index (χ0v) is 11.8. The van der Waals surface area contributed by atoms with Gasteiger partial charge in [0.15, 0.2) is 5.75 Å². The molecular weight excluding hydrogens is 262 g/mol. The maximum Gasteiger partial charge on any atom is 0.328 e. The predicted molar refractivity (Wildman–Crippen MR) is 74.1 cm³/mol. The Balaban J connectivity index is 2.29. The highest BCUT2D eigenvalue weighted by Crippen LogP contribution is 2.29. The van der Waals surface area contributed by atoms with Gasteiger partial charge in [0, 0.05) is 6.54 Å². The average Bonchev–Trinajstić information content (AvgIpc) is 2.47. The minimum Gasteiger partial charge on any atom is -0.488 e. The Morgan fingerprint density at radius 2 is 1.95 bits per heavy atom. The highest BCUT2D eigenvalue weighted by molar-refractivity contribution is 5.82. The summed E-state index contributed by atoms with van der Waals surface area (Å²) < 4.78 is 10.3. The second-order valence-corrected chi connectivity index (χ2v) is 4.73. The fourth-order valence-electron chi connectivity index (χ4n) is 2.58. The van der Waals surface area contributed by atoms with E-state index in [1.807, 2.05) is 0 Å². The Labute approximate surface area is 117 Å². The molecule has 0 N–H and O–H groups in total. The van der Waals surface area contributed by atoms with E-state index in [0.29, 0.717) is 26.2 Å². The second-order valence-electron chi connectivity index (χ2n) is 4.73. The van der Waals surface area contributed by atoms with Crippen molar-refractivity contribution in [3.8, 4) is 5.75 Å². The molecule has 1 heterocycles. The van der Waals surface area contributed by atoms with Gasteiger partial charge in [0.2, 0.25) is 0 Å². The van der Waals surface area contributed by atoms with Gasteiger partial charge < -0.3 is 14.4 Å². The maximum atomic E-state index is 12.0. The summed E-state index contributed by atoms with van der Waals surface area (Å²) in [6, 6.07) is -0.494. The van der Waals surface area contributed by atoms with Gasteiger partial charge in [-0.25, -0.2) is 4.79 Å². The molecule has 6 heteroatoms. The lowest BCUT2D eigenvalue weighted by Crippen LogP contribution is -2.51. The lowest BCUT2D eigenvalue weighted by Gasteiger charge is -2.36. The summed E-state index contributed by atoms with van der Waals surface area (Å²) in [4.78, 5) is 37.0. The van der Waals surface area contributed by atoms with Crippen molar-refractivity contribution < 1.29 is 14.3 Å². The van der Waals surface area contributed by atoms with Gasteiger partial charge in [0.05, 0.1) is 13.2 Å². The summed E-state index contributed by atoms with van der Waals surface area (Å²) in [5.74, 6) is -0.253. The molecule has 110 valence electrons. The van der Waals surface area contributed by atoms with Crippen molar-refractivity contribution in [3.05, 3.63) is 20.4 Å². The van der Waals surface area contributed by atoms with Crippen LogP contribution in [0.3, 0.4) is 0 Å². The van der Waals surface area contributed by atoms with E-state index in [1.54, 1.807) is 18.7 Å². The lowest BCUT2D eigenvalue weighted by atomic mass is 10.00. The van der Waals surface area contributed by atoms with Crippen molar-refractivity contribution in [1.82, 2.24) is 0 Å². The van der Waals surface area contributed by atoms with Crippen molar-refractivity contribution >= 4 is 11.7 Å². The summed E-state index contributed by atoms with van der Waals surface area (Å²) in [5, 5.41) is 0. The first-order valence-corrected chi connectivity index (χ1v) is 7.01. The van der Waals surface area contributed by atoms with Crippen LogP contribution in [-0.2, 0) is 9.53 Å². The fraction of sp³-hybridized carbons (Fsp3) is 0.643. The third kappa shape index (κ3) is 2.42. The van der Waals surface area contributed by atoms with Crippen LogP contribution >= 0.6 is 0 Å². The molecule has 0 aliphatic carbocycles. The normalized spacial score (nSPS) is 19.1. The van der Waals surface area contributed by atoms with Crippen LogP contribution in [0.4, 0.5) is 5.69 Å². The molecule has 1 aliphatic heterocycles. The van der Waals surface area contributed by atoms with Crippen LogP contribution in [0.15, 0.2) is 9.59 Å². The Kier molecular flexibility index (Phi) is 4.42. The number of anilines is 1. The Morgan fingerprint density at radius 3 is 2.60 bits per heavy atom.